The molecule has 0 bridgehead atoms. The number of halogens is 3. The van der Waals surface area contributed by atoms with E-state index in [1.807, 2.05) is 6.92 Å². The van der Waals surface area contributed by atoms with Gasteiger partial charge in [0.25, 0.3) is 5.78 Å². The molecule has 0 aromatic carbocycles. The van der Waals surface area contributed by atoms with Gasteiger partial charge < -0.3 is 4.74 Å². The van der Waals surface area contributed by atoms with Crippen molar-refractivity contribution in [1.29, 1.82) is 0 Å². The minimum Gasteiger partial charge on any atom is -0.373 e. The molecule has 8 heteroatoms. The van der Waals surface area contributed by atoms with E-state index in [0.29, 0.717) is 6.54 Å². The van der Waals surface area contributed by atoms with Crippen molar-refractivity contribution in [2.24, 2.45) is 0 Å². The fourth-order valence-corrected chi connectivity index (χ4v) is 1.87. The molecule has 0 radical (unpaired) electrons. The number of hydrogen-bond donors (Lipinski definition) is 0. The van der Waals surface area contributed by atoms with Gasteiger partial charge in [0.15, 0.2) is 5.69 Å². The molecule has 1 aromatic heterocycles. The Kier molecular flexibility index (Phi) is 3.38. The lowest BCUT2D eigenvalue weighted by Crippen LogP contribution is -2.23. The van der Waals surface area contributed by atoms with Gasteiger partial charge in [0.05, 0.1) is 24.9 Å². The van der Waals surface area contributed by atoms with E-state index in [1.54, 1.807) is 0 Å². The van der Waals surface area contributed by atoms with Crippen LogP contribution in [-0.2, 0) is 11.3 Å². The summed E-state index contributed by atoms with van der Waals surface area (Å²) in [4.78, 5) is 10.9. The number of hydrogen-bond acceptors (Lipinski definition) is 4. The molecular weight excluding hydrogens is 251 g/mol. The van der Waals surface area contributed by atoms with Crippen molar-refractivity contribution in [3.05, 3.63) is 11.9 Å². The molecule has 0 saturated carbocycles. The van der Waals surface area contributed by atoms with Crippen LogP contribution in [0.25, 0.3) is 0 Å². The molecule has 2 unspecified atom stereocenters. The van der Waals surface area contributed by atoms with Gasteiger partial charge in [-0.1, -0.05) is 5.21 Å². The molecule has 2 heterocycles. The Labute approximate surface area is 101 Å². The molecule has 1 saturated heterocycles. The van der Waals surface area contributed by atoms with Crippen molar-refractivity contribution >= 4 is 5.78 Å². The van der Waals surface area contributed by atoms with Crippen LogP contribution in [0.4, 0.5) is 13.2 Å². The number of ketones is 1. The van der Waals surface area contributed by atoms with Gasteiger partial charge in [-0.3, -0.25) is 4.79 Å². The van der Waals surface area contributed by atoms with Crippen LogP contribution in [0, 0.1) is 0 Å². The second kappa shape index (κ2) is 4.68. The molecule has 18 heavy (non-hydrogen) atoms. The van der Waals surface area contributed by atoms with Crippen molar-refractivity contribution in [2.75, 3.05) is 0 Å². The van der Waals surface area contributed by atoms with Crippen LogP contribution in [0.3, 0.4) is 0 Å². The van der Waals surface area contributed by atoms with Crippen LogP contribution in [0.1, 0.15) is 30.3 Å². The predicted octanol–water partition coefficient (Wildman–Crippen LogP) is 1.59. The number of carbonyl (C=O) groups is 1. The molecule has 1 aliphatic rings. The average molecular weight is 263 g/mol. The number of Topliss-reactive ketones (excluding diaryl/α,β-unsaturated/α-hetero) is 1. The monoisotopic (exact) mass is 263 g/mol. The molecule has 5 nitrogen and oxygen atoms in total. The Morgan fingerprint density at radius 1 is 1.56 bits per heavy atom. The molecule has 100 valence electrons. The highest BCUT2D eigenvalue weighted by Crippen LogP contribution is 2.22. The summed E-state index contributed by atoms with van der Waals surface area (Å²) < 4.78 is 43.2. The first-order valence-electron chi connectivity index (χ1n) is 5.53. The normalized spacial score (nSPS) is 24.4. The van der Waals surface area contributed by atoms with E-state index in [1.165, 1.54) is 4.68 Å². The Balaban J connectivity index is 2.00. The van der Waals surface area contributed by atoms with Crippen LogP contribution in [0.15, 0.2) is 6.20 Å². The highest BCUT2D eigenvalue weighted by atomic mass is 19.4. The lowest BCUT2D eigenvalue weighted by Gasteiger charge is -2.09. The predicted molar refractivity (Wildman–Crippen MR) is 54.0 cm³/mol. The number of carbonyl (C=O) groups excluding carboxylic acids is 1. The molecule has 1 aliphatic heterocycles. The lowest BCUT2D eigenvalue weighted by atomic mass is 10.2. The largest absolute Gasteiger partial charge is 0.456 e. The maximum absolute atomic E-state index is 12.1. The van der Waals surface area contributed by atoms with Gasteiger partial charge >= 0.3 is 6.18 Å². The summed E-state index contributed by atoms with van der Waals surface area (Å²) in [5, 5.41) is 6.74. The summed E-state index contributed by atoms with van der Waals surface area (Å²) in [7, 11) is 0. The van der Waals surface area contributed by atoms with E-state index >= 15 is 0 Å². The van der Waals surface area contributed by atoms with Gasteiger partial charge in [-0.05, 0) is 19.8 Å². The van der Waals surface area contributed by atoms with E-state index < -0.39 is 17.7 Å². The topological polar surface area (TPSA) is 57.0 Å². The van der Waals surface area contributed by atoms with Crippen LogP contribution in [0.5, 0.6) is 0 Å². The summed E-state index contributed by atoms with van der Waals surface area (Å²) >= 11 is 0. The smallest absolute Gasteiger partial charge is 0.373 e. The maximum Gasteiger partial charge on any atom is 0.456 e. The van der Waals surface area contributed by atoms with E-state index in [0.717, 1.165) is 19.0 Å². The second-order valence-corrected chi connectivity index (χ2v) is 4.30. The highest BCUT2D eigenvalue weighted by Gasteiger charge is 2.41. The SMILES string of the molecule is CC1CCC(Cn2cc(C(=O)C(F)(F)F)nn2)O1. The number of aromatic nitrogens is 3. The molecule has 0 amide bonds. The van der Waals surface area contributed by atoms with Crippen molar-refractivity contribution in [3.63, 3.8) is 0 Å². The third kappa shape index (κ3) is 2.87. The fraction of sp³-hybridized carbons (Fsp3) is 0.700. The zero-order valence-electron chi connectivity index (χ0n) is 9.65. The Bertz CT molecular complexity index is 444. The third-order valence-corrected chi connectivity index (χ3v) is 2.74. The average Bonchev–Trinajstić information content (AvgIpc) is 2.86. The quantitative estimate of drug-likeness (QED) is 0.777. The van der Waals surface area contributed by atoms with Crippen LogP contribution in [-0.4, -0.2) is 39.2 Å². The lowest BCUT2D eigenvalue weighted by molar-refractivity contribution is -0.0888. The molecular formula is C10H12F3N3O2. The van der Waals surface area contributed by atoms with Gasteiger partial charge in [-0.25, -0.2) is 4.68 Å². The first-order chi connectivity index (χ1) is 8.36. The van der Waals surface area contributed by atoms with Crippen LogP contribution < -0.4 is 0 Å². The summed E-state index contributed by atoms with van der Waals surface area (Å²) in [6, 6.07) is 0. The van der Waals surface area contributed by atoms with Crippen molar-refractivity contribution in [2.45, 2.75) is 44.7 Å². The molecule has 0 aliphatic carbocycles. The summed E-state index contributed by atoms with van der Waals surface area (Å²) in [5.74, 6) is -1.98. The zero-order valence-corrected chi connectivity index (χ0v) is 9.65. The molecule has 1 aromatic rings. The van der Waals surface area contributed by atoms with Crippen molar-refractivity contribution in [1.82, 2.24) is 15.0 Å². The van der Waals surface area contributed by atoms with E-state index in [4.69, 9.17) is 4.74 Å². The minimum atomic E-state index is -4.92. The Morgan fingerprint density at radius 2 is 2.28 bits per heavy atom. The Hall–Kier alpha value is -1.44. The molecule has 0 N–H and O–H groups in total. The Morgan fingerprint density at radius 3 is 2.83 bits per heavy atom. The molecule has 1 fully saturated rings. The second-order valence-electron chi connectivity index (χ2n) is 4.30. The number of ether oxygens (including phenoxy) is 1. The highest BCUT2D eigenvalue weighted by molar-refractivity contribution is 5.98. The molecule has 0 spiro atoms. The van der Waals surface area contributed by atoms with Gasteiger partial charge in [0, 0.05) is 0 Å². The molecule has 2 atom stereocenters. The van der Waals surface area contributed by atoms with Crippen LogP contribution in [0.2, 0.25) is 0 Å². The summed E-state index contributed by atoms with van der Waals surface area (Å²) in [5.41, 5.74) is -0.687. The van der Waals surface area contributed by atoms with Gasteiger partial charge in [0.2, 0.25) is 0 Å². The van der Waals surface area contributed by atoms with Gasteiger partial charge in [-0.15, -0.1) is 5.10 Å². The van der Waals surface area contributed by atoms with Gasteiger partial charge in [0.1, 0.15) is 0 Å². The summed E-state index contributed by atoms with van der Waals surface area (Å²) in [6.07, 6.45) is -2.12. The minimum absolute atomic E-state index is 0.0875. The number of alkyl halides is 3. The number of rotatable bonds is 3. The number of nitrogens with zero attached hydrogens (tertiary/aromatic N) is 3. The van der Waals surface area contributed by atoms with Crippen molar-refractivity contribution in [3.8, 4) is 0 Å². The third-order valence-electron chi connectivity index (χ3n) is 2.74. The first kappa shape index (κ1) is 13.0. The molecule has 2 rings (SSSR count). The van der Waals surface area contributed by atoms with Crippen LogP contribution >= 0.6 is 0 Å². The van der Waals surface area contributed by atoms with Gasteiger partial charge in [-0.2, -0.15) is 13.2 Å². The van der Waals surface area contributed by atoms with E-state index in [9.17, 15) is 18.0 Å². The van der Waals surface area contributed by atoms with Crippen molar-refractivity contribution < 1.29 is 22.7 Å². The maximum atomic E-state index is 12.1. The first-order valence-corrected chi connectivity index (χ1v) is 5.53. The summed E-state index contributed by atoms with van der Waals surface area (Å²) in [6.45, 7) is 2.24. The van der Waals surface area contributed by atoms with E-state index in [-0.39, 0.29) is 12.2 Å². The van der Waals surface area contributed by atoms with E-state index in [2.05, 4.69) is 10.3 Å². The standard InChI is InChI=1S/C10H12F3N3O2/c1-6-2-3-7(18-6)4-16-5-8(14-15-16)9(17)10(11,12)13/h5-7H,2-4H2,1H3. The zero-order chi connectivity index (χ0) is 13.3. The fourth-order valence-electron chi connectivity index (χ4n) is 1.87.